The predicted molar refractivity (Wildman–Crippen MR) is 114 cm³/mol. The second kappa shape index (κ2) is 8.02. The van der Waals surface area contributed by atoms with Crippen molar-refractivity contribution in [2.24, 2.45) is 0 Å². The first-order valence-corrected chi connectivity index (χ1v) is 9.31. The molecule has 1 aliphatic heterocycles. The van der Waals surface area contributed by atoms with E-state index in [1.54, 1.807) is 24.3 Å². The maximum atomic E-state index is 12.8. The largest absolute Gasteiger partial charge is 0.488 e. The van der Waals surface area contributed by atoms with Crippen molar-refractivity contribution >= 4 is 29.3 Å². The van der Waals surface area contributed by atoms with Crippen LogP contribution >= 0.6 is 0 Å². The molecular weight excluding hydrogens is 364 g/mol. The molecule has 5 nitrogen and oxygen atoms in total. The van der Waals surface area contributed by atoms with Gasteiger partial charge in [-0.15, -0.1) is 0 Å². The number of anilines is 2. The van der Waals surface area contributed by atoms with Crippen molar-refractivity contribution in [2.45, 2.75) is 6.92 Å². The number of rotatable bonds is 4. The second-order valence-corrected chi connectivity index (χ2v) is 6.82. The molecule has 3 aromatic rings. The SMILES string of the molecule is Cc1cccc(NC(=O)c2ccccc2NC(=O)C2=Cc3ccccc3OC2)c1. The summed E-state index contributed by atoms with van der Waals surface area (Å²) in [6.45, 7) is 2.14. The van der Waals surface area contributed by atoms with E-state index in [-0.39, 0.29) is 18.4 Å². The molecule has 3 aromatic carbocycles. The molecule has 0 aromatic heterocycles. The Bertz CT molecular complexity index is 1120. The molecule has 0 saturated carbocycles. The van der Waals surface area contributed by atoms with E-state index in [4.69, 9.17) is 4.74 Å². The minimum absolute atomic E-state index is 0.181. The molecule has 4 rings (SSSR count). The summed E-state index contributed by atoms with van der Waals surface area (Å²) in [5.41, 5.74) is 3.94. The minimum atomic E-state index is -0.296. The maximum Gasteiger partial charge on any atom is 0.257 e. The van der Waals surface area contributed by atoms with Gasteiger partial charge in [0, 0.05) is 11.3 Å². The van der Waals surface area contributed by atoms with Gasteiger partial charge >= 0.3 is 0 Å². The summed E-state index contributed by atoms with van der Waals surface area (Å²) in [4.78, 5) is 25.5. The monoisotopic (exact) mass is 384 g/mol. The fraction of sp³-hybridized carbons (Fsp3) is 0.0833. The van der Waals surface area contributed by atoms with E-state index in [1.165, 1.54) is 0 Å². The smallest absolute Gasteiger partial charge is 0.257 e. The number of nitrogens with one attached hydrogen (secondary N) is 2. The van der Waals surface area contributed by atoms with E-state index in [0.717, 1.165) is 16.9 Å². The zero-order valence-corrected chi connectivity index (χ0v) is 15.9. The van der Waals surface area contributed by atoms with Crippen LogP contribution in [0.25, 0.3) is 6.08 Å². The summed E-state index contributed by atoms with van der Waals surface area (Å²) in [6, 6.07) is 22.0. The fourth-order valence-electron chi connectivity index (χ4n) is 3.16. The lowest BCUT2D eigenvalue weighted by molar-refractivity contribution is -0.113. The molecule has 0 atom stereocenters. The summed E-state index contributed by atoms with van der Waals surface area (Å²) < 4.78 is 5.65. The molecule has 0 saturated heterocycles. The van der Waals surface area contributed by atoms with Crippen molar-refractivity contribution in [3.63, 3.8) is 0 Å². The van der Waals surface area contributed by atoms with Crippen molar-refractivity contribution in [3.05, 3.63) is 95.1 Å². The second-order valence-electron chi connectivity index (χ2n) is 6.82. The van der Waals surface area contributed by atoms with Crippen LogP contribution in [0.1, 0.15) is 21.5 Å². The zero-order chi connectivity index (χ0) is 20.2. The van der Waals surface area contributed by atoms with Gasteiger partial charge in [0.15, 0.2) is 0 Å². The highest BCUT2D eigenvalue weighted by Gasteiger charge is 2.19. The molecule has 0 unspecified atom stereocenters. The Morgan fingerprint density at radius 2 is 1.66 bits per heavy atom. The summed E-state index contributed by atoms with van der Waals surface area (Å²) in [5.74, 6) is 0.169. The molecule has 0 bridgehead atoms. The van der Waals surface area contributed by atoms with Gasteiger partial charge in [-0.25, -0.2) is 0 Å². The molecule has 1 aliphatic rings. The van der Waals surface area contributed by atoms with Crippen molar-refractivity contribution < 1.29 is 14.3 Å². The van der Waals surface area contributed by atoms with Crippen molar-refractivity contribution in [2.75, 3.05) is 17.2 Å². The van der Waals surface area contributed by atoms with Crippen LogP contribution in [0.2, 0.25) is 0 Å². The fourth-order valence-corrected chi connectivity index (χ4v) is 3.16. The van der Waals surface area contributed by atoms with E-state index >= 15 is 0 Å². The zero-order valence-electron chi connectivity index (χ0n) is 15.9. The predicted octanol–water partition coefficient (Wildman–Crippen LogP) is 4.66. The Morgan fingerprint density at radius 3 is 2.52 bits per heavy atom. The molecule has 0 aliphatic carbocycles. The summed E-state index contributed by atoms with van der Waals surface area (Å²) in [6.07, 6.45) is 1.81. The van der Waals surface area contributed by atoms with Crippen LogP contribution in [-0.4, -0.2) is 18.4 Å². The molecule has 1 heterocycles. The lowest BCUT2D eigenvalue weighted by Gasteiger charge is -2.18. The third kappa shape index (κ3) is 4.19. The lowest BCUT2D eigenvalue weighted by atomic mass is 10.1. The molecule has 0 fully saturated rings. The number of amides is 2. The van der Waals surface area contributed by atoms with Crippen molar-refractivity contribution in [3.8, 4) is 5.75 Å². The average molecular weight is 384 g/mol. The number of carbonyl (C=O) groups excluding carboxylic acids is 2. The van der Waals surface area contributed by atoms with Crippen LogP contribution in [0.5, 0.6) is 5.75 Å². The molecule has 2 amide bonds. The summed E-state index contributed by atoms with van der Waals surface area (Å²) >= 11 is 0. The van der Waals surface area contributed by atoms with Gasteiger partial charge < -0.3 is 15.4 Å². The van der Waals surface area contributed by atoms with Crippen LogP contribution in [0.3, 0.4) is 0 Å². The Balaban J connectivity index is 1.53. The maximum absolute atomic E-state index is 12.8. The number of aryl methyl sites for hydroxylation is 1. The highest BCUT2D eigenvalue weighted by molar-refractivity contribution is 6.13. The topological polar surface area (TPSA) is 67.4 Å². The van der Waals surface area contributed by atoms with Crippen LogP contribution in [0.4, 0.5) is 11.4 Å². The van der Waals surface area contributed by atoms with Crippen molar-refractivity contribution in [1.29, 1.82) is 0 Å². The Hall–Kier alpha value is -3.86. The molecule has 144 valence electrons. The average Bonchev–Trinajstić information content (AvgIpc) is 2.73. The first kappa shape index (κ1) is 18.5. The van der Waals surface area contributed by atoms with Gasteiger partial charge in [-0.2, -0.15) is 0 Å². The Labute approximate surface area is 169 Å². The Kier molecular flexibility index (Phi) is 5.12. The van der Waals surface area contributed by atoms with Gasteiger partial charge in [-0.1, -0.05) is 42.5 Å². The highest BCUT2D eigenvalue weighted by atomic mass is 16.5. The van der Waals surface area contributed by atoms with Gasteiger partial charge in [-0.3, -0.25) is 9.59 Å². The number of ether oxygens (including phenoxy) is 1. The molecule has 0 radical (unpaired) electrons. The van der Waals surface area contributed by atoms with Gasteiger partial charge in [0.1, 0.15) is 12.4 Å². The molecule has 0 spiro atoms. The third-order valence-corrected chi connectivity index (χ3v) is 4.62. The number of carbonyl (C=O) groups is 2. The minimum Gasteiger partial charge on any atom is -0.488 e. The quantitative estimate of drug-likeness (QED) is 0.687. The third-order valence-electron chi connectivity index (χ3n) is 4.62. The summed E-state index contributed by atoms with van der Waals surface area (Å²) in [5, 5.41) is 5.72. The van der Waals surface area contributed by atoms with E-state index < -0.39 is 0 Å². The number of fused-ring (bicyclic) bond motifs is 1. The van der Waals surface area contributed by atoms with Crippen LogP contribution in [0.15, 0.2) is 78.4 Å². The van der Waals surface area contributed by atoms with E-state index in [2.05, 4.69) is 10.6 Å². The van der Waals surface area contributed by atoms with Crippen LogP contribution in [0, 0.1) is 6.92 Å². The van der Waals surface area contributed by atoms with E-state index in [0.29, 0.717) is 22.5 Å². The molecule has 29 heavy (non-hydrogen) atoms. The first-order chi connectivity index (χ1) is 14.1. The highest BCUT2D eigenvalue weighted by Crippen LogP contribution is 2.26. The molecular formula is C24H20N2O3. The van der Waals surface area contributed by atoms with Crippen molar-refractivity contribution in [1.82, 2.24) is 0 Å². The van der Waals surface area contributed by atoms with E-state index in [1.807, 2.05) is 61.5 Å². The lowest BCUT2D eigenvalue weighted by Crippen LogP contribution is -2.23. The normalized spacial score (nSPS) is 12.2. The number of hydrogen-bond acceptors (Lipinski definition) is 3. The number of hydrogen-bond donors (Lipinski definition) is 2. The van der Waals surface area contributed by atoms with Gasteiger partial charge in [0.25, 0.3) is 11.8 Å². The van der Waals surface area contributed by atoms with Gasteiger partial charge in [-0.05, 0) is 48.9 Å². The van der Waals surface area contributed by atoms with E-state index in [9.17, 15) is 9.59 Å². The van der Waals surface area contributed by atoms with Crippen LogP contribution in [-0.2, 0) is 4.79 Å². The van der Waals surface area contributed by atoms with Gasteiger partial charge in [0.05, 0.1) is 16.8 Å². The molecule has 2 N–H and O–H groups in total. The number of benzene rings is 3. The molecule has 5 heteroatoms. The summed E-state index contributed by atoms with van der Waals surface area (Å²) in [7, 11) is 0. The standard InChI is InChI=1S/C24H20N2O3/c1-16-7-6-9-19(13-16)25-24(28)20-10-3-4-11-21(20)26-23(27)18-14-17-8-2-5-12-22(17)29-15-18/h2-14H,15H2,1H3,(H,25,28)(H,26,27). The Morgan fingerprint density at radius 1 is 0.862 bits per heavy atom. The van der Waals surface area contributed by atoms with Gasteiger partial charge in [0.2, 0.25) is 0 Å². The number of para-hydroxylation sites is 2. The van der Waals surface area contributed by atoms with Crippen LogP contribution < -0.4 is 15.4 Å². The first-order valence-electron chi connectivity index (χ1n) is 9.31.